The molecule has 0 aromatic heterocycles. The second kappa shape index (κ2) is 7.99. The Morgan fingerprint density at radius 1 is 1.04 bits per heavy atom. The van der Waals surface area contributed by atoms with Crippen LogP contribution in [-0.4, -0.2) is 55.7 Å². The summed E-state index contributed by atoms with van der Waals surface area (Å²) < 4.78 is 42.3. The molecule has 2 rings (SSSR count). The molecule has 0 spiro atoms. The second-order valence-electron chi connectivity index (χ2n) is 6.30. The molecule has 0 unspecified atom stereocenters. The van der Waals surface area contributed by atoms with Crippen LogP contribution in [0.1, 0.15) is 32.1 Å². The van der Waals surface area contributed by atoms with Gasteiger partial charge in [0.25, 0.3) is 0 Å². The van der Waals surface area contributed by atoms with Gasteiger partial charge in [0.15, 0.2) is 0 Å². The van der Waals surface area contributed by atoms with E-state index in [2.05, 4.69) is 5.32 Å². The van der Waals surface area contributed by atoms with Crippen LogP contribution in [0.5, 0.6) is 0 Å². The first kappa shape index (κ1) is 18.0. The molecule has 0 aliphatic carbocycles. The first-order chi connectivity index (χ1) is 10.9. The van der Waals surface area contributed by atoms with Gasteiger partial charge in [-0.05, 0) is 37.5 Å². The standard InChI is InChI=1S/C15H23F3N2O3/c16-15(17,18)14(22)20-5-1-12(2-6-20)10-19-13(21)9-11-3-7-23-8-4-11/h11-12H,1-10H2,(H,19,21). The lowest BCUT2D eigenvalue weighted by molar-refractivity contribution is -0.186. The normalized spacial score (nSPS) is 21.3. The first-order valence-electron chi connectivity index (χ1n) is 8.07. The zero-order valence-electron chi connectivity index (χ0n) is 13.0. The van der Waals surface area contributed by atoms with Crippen LogP contribution < -0.4 is 5.32 Å². The molecule has 0 atom stereocenters. The maximum Gasteiger partial charge on any atom is 0.471 e. The topological polar surface area (TPSA) is 58.6 Å². The number of rotatable bonds is 4. The van der Waals surface area contributed by atoms with Gasteiger partial charge in [0.1, 0.15) is 0 Å². The lowest BCUT2D eigenvalue weighted by Crippen LogP contribution is -2.46. The van der Waals surface area contributed by atoms with E-state index in [1.54, 1.807) is 0 Å². The van der Waals surface area contributed by atoms with E-state index >= 15 is 0 Å². The Bertz CT molecular complexity index is 415. The summed E-state index contributed by atoms with van der Waals surface area (Å²) in [7, 11) is 0. The van der Waals surface area contributed by atoms with E-state index in [0.717, 1.165) is 17.7 Å². The van der Waals surface area contributed by atoms with E-state index < -0.39 is 12.1 Å². The molecule has 1 N–H and O–H groups in total. The fourth-order valence-corrected chi connectivity index (χ4v) is 3.06. The molecule has 0 aromatic rings. The van der Waals surface area contributed by atoms with Crippen molar-refractivity contribution in [1.82, 2.24) is 10.2 Å². The van der Waals surface area contributed by atoms with Gasteiger partial charge in [-0.25, -0.2) is 0 Å². The summed E-state index contributed by atoms with van der Waals surface area (Å²) in [6, 6.07) is 0. The molecular weight excluding hydrogens is 313 g/mol. The summed E-state index contributed by atoms with van der Waals surface area (Å²) >= 11 is 0. The molecule has 0 saturated carbocycles. The maximum atomic E-state index is 12.4. The van der Waals surface area contributed by atoms with Crippen molar-refractivity contribution in [2.45, 2.75) is 38.3 Å². The van der Waals surface area contributed by atoms with Gasteiger partial charge >= 0.3 is 12.1 Å². The number of carbonyl (C=O) groups excluding carboxylic acids is 2. The van der Waals surface area contributed by atoms with E-state index in [1.807, 2.05) is 0 Å². The lowest BCUT2D eigenvalue weighted by Gasteiger charge is -2.32. The van der Waals surface area contributed by atoms with Crippen molar-refractivity contribution in [1.29, 1.82) is 0 Å². The molecule has 23 heavy (non-hydrogen) atoms. The molecule has 8 heteroatoms. The van der Waals surface area contributed by atoms with Crippen molar-refractivity contribution in [3.8, 4) is 0 Å². The molecule has 132 valence electrons. The third-order valence-electron chi connectivity index (χ3n) is 4.55. The molecule has 2 saturated heterocycles. The summed E-state index contributed by atoms with van der Waals surface area (Å²) in [6.07, 6.45) is -1.56. The van der Waals surface area contributed by atoms with Gasteiger partial charge < -0.3 is 15.0 Å². The first-order valence-corrected chi connectivity index (χ1v) is 8.07. The highest BCUT2D eigenvalue weighted by atomic mass is 19.4. The highest BCUT2D eigenvalue weighted by Gasteiger charge is 2.43. The Kier molecular flexibility index (Phi) is 6.26. The molecule has 2 amide bonds. The van der Waals surface area contributed by atoms with E-state index in [0.29, 0.717) is 44.9 Å². The summed E-state index contributed by atoms with van der Waals surface area (Å²) in [5.74, 6) is -1.29. The minimum Gasteiger partial charge on any atom is -0.381 e. The number of nitrogens with zero attached hydrogens (tertiary/aromatic N) is 1. The molecule has 2 fully saturated rings. The van der Waals surface area contributed by atoms with Crippen LogP contribution in [0.3, 0.4) is 0 Å². The Hall–Kier alpha value is -1.31. The Labute approximate surface area is 133 Å². The third-order valence-corrected chi connectivity index (χ3v) is 4.55. The highest BCUT2D eigenvalue weighted by Crippen LogP contribution is 2.24. The van der Waals surface area contributed by atoms with Crippen molar-refractivity contribution in [3.05, 3.63) is 0 Å². The van der Waals surface area contributed by atoms with Crippen molar-refractivity contribution >= 4 is 11.8 Å². The fraction of sp³-hybridized carbons (Fsp3) is 0.867. The van der Waals surface area contributed by atoms with E-state index in [1.165, 1.54) is 0 Å². The van der Waals surface area contributed by atoms with Gasteiger partial charge in [0, 0.05) is 39.3 Å². The quantitative estimate of drug-likeness (QED) is 0.850. The monoisotopic (exact) mass is 336 g/mol. The molecule has 0 bridgehead atoms. The van der Waals surface area contributed by atoms with Crippen LogP contribution >= 0.6 is 0 Å². The number of hydrogen-bond donors (Lipinski definition) is 1. The summed E-state index contributed by atoms with van der Waals surface area (Å²) in [5, 5.41) is 2.87. The Morgan fingerprint density at radius 3 is 2.22 bits per heavy atom. The Morgan fingerprint density at radius 2 is 1.65 bits per heavy atom. The average molecular weight is 336 g/mol. The van der Waals surface area contributed by atoms with Gasteiger partial charge in [-0.2, -0.15) is 13.2 Å². The summed E-state index contributed by atoms with van der Waals surface area (Å²) in [6.45, 7) is 2.06. The second-order valence-corrected chi connectivity index (χ2v) is 6.30. The average Bonchev–Trinajstić information content (AvgIpc) is 2.53. The zero-order chi connectivity index (χ0) is 16.9. The minimum absolute atomic E-state index is 0.00861. The molecular formula is C15H23F3N2O3. The predicted molar refractivity (Wildman–Crippen MR) is 76.5 cm³/mol. The van der Waals surface area contributed by atoms with Crippen molar-refractivity contribution in [2.24, 2.45) is 11.8 Å². The predicted octanol–water partition coefficient (Wildman–Crippen LogP) is 1.72. The molecule has 0 radical (unpaired) electrons. The number of hydrogen-bond acceptors (Lipinski definition) is 3. The summed E-state index contributed by atoms with van der Waals surface area (Å²) in [4.78, 5) is 23.9. The van der Waals surface area contributed by atoms with Gasteiger partial charge in [-0.1, -0.05) is 0 Å². The third kappa shape index (κ3) is 5.67. The number of halogens is 3. The van der Waals surface area contributed by atoms with Crippen molar-refractivity contribution < 1.29 is 27.5 Å². The van der Waals surface area contributed by atoms with E-state index in [-0.39, 0.29) is 24.9 Å². The largest absolute Gasteiger partial charge is 0.471 e. The number of likely N-dealkylation sites (tertiary alicyclic amines) is 1. The van der Waals surface area contributed by atoms with Gasteiger partial charge in [-0.15, -0.1) is 0 Å². The number of amides is 2. The van der Waals surface area contributed by atoms with Crippen molar-refractivity contribution in [3.63, 3.8) is 0 Å². The highest BCUT2D eigenvalue weighted by molar-refractivity contribution is 5.81. The number of carbonyl (C=O) groups is 2. The van der Waals surface area contributed by atoms with Gasteiger partial charge in [0.05, 0.1) is 0 Å². The van der Waals surface area contributed by atoms with Crippen LogP contribution in [0, 0.1) is 11.8 Å². The SMILES string of the molecule is O=C(CC1CCOCC1)NCC1CCN(C(=O)C(F)(F)F)CC1. The van der Waals surface area contributed by atoms with Crippen LogP contribution in [0.4, 0.5) is 13.2 Å². The minimum atomic E-state index is -4.80. The van der Waals surface area contributed by atoms with Crippen molar-refractivity contribution in [2.75, 3.05) is 32.8 Å². The van der Waals surface area contributed by atoms with Gasteiger partial charge in [-0.3, -0.25) is 9.59 Å². The van der Waals surface area contributed by atoms with Crippen LogP contribution in [0.2, 0.25) is 0 Å². The smallest absolute Gasteiger partial charge is 0.381 e. The molecule has 0 aromatic carbocycles. The fourth-order valence-electron chi connectivity index (χ4n) is 3.06. The summed E-state index contributed by atoms with van der Waals surface area (Å²) in [5.41, 5.74) is 0. The van der Waals surface area contributed by atoms with Crippen LogP contribution in [-0.2, 0) is 14.3 Å². The van der Waals surface area contributed by atoms with E-state index in [9.17, 15) is 22.8 Å². The Balaban J connectivity index is 1.64. The van der Waals surface area contributed by atoms with Gasteiger partial charge in [0.2, 0.25) is 5.91 Å². The number of ether oxygens (including phenoxy) is 1. The van der Waals surface area contributed by atoms with Crippen LogP contribution in [0.25, 0.3) is 0 Å². The van der Waals surface area contributed by atoms with E-state index in [4.69, 9.17) is 4.74 Å². The molecule has 5 nitrogen and oxygen atoms in total. The number of alkyl halides is 3. The lowest BCUT2D eigenvalue weighted by atomic mass is 9.95. The number of piperidine rings is 1. The molecule has 2 aliphatic heterocycles. The molecule has 2 aliphatic rings. The number of nitrogens with one attached hydrogen (secondary N) is 1. The maximum absolute atomic E-state index is 12.4. The van der Waals surface area contributed by atoms with Crippen LogP contribution in [0.15, 0.2) is 0 Å². The molecule has 2 heterocycles. The zero-order valence-corrected chi connectivity index (χ0v) is 13.0.